The van der Waals surface area contributed by atoms with Gasteiger partial charge in [-0.15, -0.1) is 0 Å². The Morgan fingerprint density at radius 3 is 2.60 bits per heavy atom. The normalized spacial score (nSPS) is 12.8. The Labute approximate surface area is 120 Å². The van der Waals surface area contributed by atoms with Gasteiger partial charge in [0, 0.05) is 17.3 Å². The predicted molar refractivity (Wildman–Crippen MR) is 81.4 cm³/mol. The number of benzene rings is 1. The van der Waals surface area contributed by atoms with E-state index in [1.807, 2.05) is 6.92 Å². The zero-order valence-electron chi connectivity index (χ0n) is 12.1. The van der Waals surface area contributed by atoms with Crippen LogP contribution >= 0.6 is 0 Å². The van der Waals surface area contributed by atoms with Crippen molar-refractivity contribution in [2.75, 3.05) is 10.5 Å². The molecule has 5 nitrogen and oxygen atoms in total. The lowest BCUT2D eigenvalue weighted by atomic mass is 10.1. The second-order valence-corrected chi connectivity index (χ2v) is 6.76. The van der Waals surface area contributed by atoms with Gasteiger partial charge in [-0.2, -0.15) is 0 Å². The summed E-state index contributed by atoms with van der Waals surface area (Å²) < 4.78 is 25.4. The zero-order valence-corrected chi connectivity index (χ0v) is 13.0. The summed E-state index contributed by atoms with van der Waals surface area (Å²) in [6.07, 6.45) is 1.91. The number of nitrogens with one attached hydrogen (secondary N) is 2. The molecule has 0 unspecified atom stereocenters. The summed E-state index contributed by atoms with van der Waals surface area (Å²) in [6.45, 7) is 5.57. The van der Waals surface area contributed by atoms with Gasteiger partial charge in [-0.05, 0) is 38.5 Å². The average Bonchev–Trinajstić information content (AvgIpc) is 2.38. The molecule has 0 spiro atoms. The van der Waals surface area contributed by atoms with Gasteiger partial charge in [0.2, 0.25) is 10.0 Å². The Balaban J connectivity index is 2.80. The van der Waals surface area contributed by atoms with Crippen LogP contribution in [0.3, 0.4) is 0 Å². The number of carbonyl (C=O) groups excluding carboxylic acids is 1. The minimum atomic E-state index is -3.33. The van der Waals surface area contributed by atoms with Crippen molar-refractivity contribution in [3.63, 3.8) is 0 Å². The van der Waals surface area contributed by atoms with Gasteiger partial charge in [0.25, 0.3) is 5.91 Å². The van der Waals surface area contributed by atoms with Gasteiger partial charge in [0.05, 0.1) is 5.75 Å². The first-order chi connectivity index (χ1) is 9.38. The molecule has 112 valence electrons. The van der Waals surface area contributed by atoms with E-state index in [-0.39, 0.29) is 17.7 Å². The van der Waals surface area contributed by atoms with Crippen LogP contribution in [0.15, 0.2) is 24.3 Å². The number of rotatable bonds is 7. The van der Waals surface area contributed by atoms with Gasteiger partial charge in [0.1, 0.15) is 0 Å². The molecule has 0 radical (unpaired) electrons. The molecular weight excluding hydrogens is 276 g/mol. The highest BCUT2D eigenvalue weighted by Crippen LogP contribution is 2.13. The molecule has 0 fully saturated rings. The molecule has 0 aliphatic rings. The Hall–Kier alpha value is -1.56. The molecule has 0 saturated carbocycles. The van der Waals surface area contributed by atoms with Crippen LogP contribution in [0.25, 0.3) is 0 Å². The molecule has 1 aromatic carbocycles. The number of carbonyl (C=O) groups is 1. The second kappa shape index (κ2) is 7.28. The highest BCUT2D eigenvalue weighted by atomic mass is 32.2. The van der Waals surface area contributed by atoms with Gasteiger partial charge < -0.3 is 5.32 Å². The van der Waals surface area contributed by atoms with Gasteiger partial charge in [-0.3, -0.25) is 9.52 Å². The van der Waals surface area contributed by atoms with E-state index in [9.17, 15) is 13.2 Å². The summed E-state index contributed by atoms with van der Waals surface area (Å²) in [4.78, 5) is 12.0. The molecule has 0 aliphatic heterocycles. The van der Waals surface area contributed by atoms with Gasteiger partial charge in [-0.1, -0.05) is 19.4 Å². The molecule has 1 atom stereocenters. The maximum atomic E-state index is 12.0. The molecule has 1 aromatic rings. The third-order valence-corrected chi connectivity index (χ3v) is 4.18. The van der Waals surface area contributed by atoms with Crippen molar-refractivity contribution in [3.05, 3.63) is 29.8 Å². The van der Waals surface area contributed by atoms with Crippen LogP contribution in [-0.4, -0.2) is 26.1 Å². The molecule has 6 heteroatoms. The molecule has 1 rings (SSSR count). The minimum absolute atomic E-state index is 0.00302. The van der Waals surface area contributed by atoms with E-state index in [2.05, 4.69) is 17.0 Å². The molecular formula is C14H22N2O3S. The van der Waals surface area contributed by atoms with Gasteiger partial charge >= 0.3 is 0 Å². The predicted octanol–water partition coefficient (Wildman–Crippen LogP) is 2.37. The van der Waals surface area contributed by atoms with Crippen LogP contribution in [0.2, 0.25) is 0 Å². The Morgan fingerprint density at radius 2 is 2.00 bits per heavy atom. The molecule has 0 aliphatic carbocycles. The molecule has 0 aromatic heterocycles. The lowest BCUT2D eigenvalue weighted by Gasteiger charge is -2.13. The molecule has 1 amide bonds. The zero-order chi connectivity index (χ0) is 15.2. The van der Waals surface area contributed by atoms with E-state index >= 15 is 0 Å². The maximum Gasteiger partial charge on any atom is 0.251 e. The van der Waals surface area contributed by atoms with Crippen molar-refractivity contribution in [1.29, 1.82) is 0 Å². The number of anilines is 1. The van der Waals surface area contributed by atoms with Crippen LogP contribution in [0, 0.1) is 0 Å². The van der Waals surface area contributed by atoms with E-state index in [0.29, 0.717) is 11.3 Å². The van der Waals surface area contributed by atoms with Crippen LogP contribution < -0.4 is 10.0 Å². The first-order valence-corrected chi connectivity index (χ1v) is 8.44. The summed E-state index contributed by atoms with van der Waals surface area (Å²) in [6, 6.07) is 6.59. The van der Waals surface area contributed by atoms with E-state index < -0.39 is 10.0 Å². The topological polar surface area (TPSA) is 75.3 Å². The molecule has 0 heterocycles. The first-order valence-electron chi connectivity index (χ1n) is 6.79. The summed E-state index contributed by atoms with van der Waals surface area (Å²) in [5.74, 6) is -0.194. The fourth-order valence-corrected chi connectivity index (χ4v) is 2.42. The second-order valence-electron chi connectivity index (χ2n) is 4.75. The fraction of sp³-hybridized carbons (Fsp3) is 0.500. The fourth-order valence-electron chi connectivity index (χ4n) is 1.79. The van der Waals surface area contributed by atoms with Crippen molar-refractivity contribution in [2.45, 2.75) is 39.7 Å². The summed E-state index contributed by atoms with van der Waals surface area (Å²) in [5.41, 5.74) is 0.854. The maximum absolute atomic E-state index is 12.0. The quantitative estimate of drug-likeness (QED) is 0.811. The minimum Gasteiger partial charge on any atom is -0.350 e. The number of sulfonamides is 1. The SMILES string of the molecule is CCC[C@H](C)NC(=O)c1cccc(NS(=O)(=O)CC)c1. The Kier molecular flexibility index (Phi) is 6.01. The standard InChI is InChI=1S/C14H22N2O3S/c1-4-7-11(3)15-14(17)12-8-6-9-13(10-12)16-20(18,19)5-2/h6,8-11,16H,4-5,7H2,1-3H3,(H,15,17)/t11-/m0/s1. The highest BCUT2D eigenvalue weighted by molar-refractivity contribution is 7.92. The number of hydrogen-bond donors (Lipinski definition) is 2. The summed E-state index contributed by atoms with van der Waals surface area (Å²) in [5, 5.41) is 2.88. The van der Waals surface area contributed by atoms with Crippen molar-refractivity contribution < 1.29 is 13.2 Å². The summed E-state index contributed by atoms with van der Waals surface area (Å²) >= 11 is 0. The summed E-state index contributed by atoms with van der Waals surface area (Å²) in [7, 11) is -3.33. The number of amides is 1. The average molecular weight is 298 g/mol. The van der Waals surface area contributed by atoms with Crippen molar-refractivity contribution in [3.8, 4) is 0 Å². The Morgan fingerprint density at radius 1 is 1.30 bits per heavy atom. The molecule has 20 heavy (non-hydrogen) atoms. The largest absolute Gasteiger partial charge is 0.350 e. The van der Waals surface area contributed by atoms with Crippen molar-refractivity contribution >= 4 is 21.6 Å². The first kappa shape index (κ1) is 16.5. The molecule has 0 saturated heterocycles. The van der Waals surface area contributed by atoms with Crippen LogP contribution in [0.4, 0.5) is 5.69 Å². The van der Waals surface area contributed by atoms with Crippen LogP contribution in [0.5, 0.6) is 0 Å². The van der Waals surface area contributed by atoms with Crippen LogP contribution in [0.1, 0.15) is 44.0 Å². The van der Waals surface area contributed by atoms with Crippen LogP contribution in [-0.2, 0) is 10.0 Å². The monoisotopic (exact) mass is 298 g/mol. The van der Waals surface area contributed by atoms with E-state index in [4.69, 9.17) is 0 Å². The lowest BCUT2D eigenvalue weighted by Crippen LogP contribution is -2.32. The van der Waals surface area contributed by atoms with Gasteiger partial charge in [0.15, 0.2) is 0 Å². The Bertz CT molecular complexity index is 555. The smallest absolute Gasteiger partial charge is 0.251 e. The van der Waals surface area contributed by atoms with E-state index in [0.717, 1.165) is 12.8 Å². The van der Waals surface area contributed by atoms with E-state index in [1.54, 1.807) is 31.2 Å². The van der Waals surface area contributed by atoms with Crippen molar-refractivity contribution in [2.24, 2.45) is 0 Å². The third-order valence-electron chi connectivity index (χ3n) is 2.88. The third kappa shape index (κ3) is 5.21. The van der Waals surface area contributed by atoms with Gasteiger partial charge in [-0.25, -0.2) is 8.42 Å². The van der Waals surface area contributed by atoms with E-state index in [1.165, 1.54) is 0 Å². The molecule has 2 N–H and O–H groups in total. The highest BCUT2D eigenvalue weighted by Gasteiger charge is 2.11. The van der Waals surface area contributed by atoms with Crippen molar-refractivity contribution in [1.82, 2.24) is 5.32 Å². The molecule has 0 bridgehead atoms. The number of hydrogen-bond acceptors (Lipinski definition) is 3. The lowest BCUT2D eigenvalue weighted by molar-refractivity contribution is 0.0938.